The van der Waals surface area contributed by atoms with Gasteiger partial charge in [0, 0.05) is 0 Å². The Balaban J connectivity index is 0.000000631. The Morgan fingerprint density at radius 3 is 1.67 bits per heavy atom. The van der Waals surface area contributed by atoms with Gasteiger partial charge in [0.25, 0.3) is 0 Å². The molecule has 1 rings (SSSR count). The van der Waals surface area contributed by atoms with Gasteiger partial charge in [-0.05, 0) is 39.8 Å². The van der Waals surface area contributed by atoms with Crippen molar-refractivity contribution in [2.24, 2.45) is 0 Å². The van der Waals surface area contributed by atoms with Crippen LogP contribution in [0, 0.1) is 0 Å². The molecule has 1 aromatic carbocycles. The van der Waals surface area contributed by atoms with Gasteiger partial charge in [-0.1, -0.05) is 18.2 Å². The molecule has 6 heteroatoms. The third-order valence-electron chi connectivity index (χ3n) is 2.59. The number of ether oxygens (including phenoxy) is 1. The quantitative estimate of drug-likeness (QED) is 0.593. The normalized spacial score (nSPS) is 11.3. The largest absolute Gasteiger partial charge is 0.631 e. The Morgan fingerprint density at radius 1 is 0.944 bits per heavy atom. The summed E-state index contributed by atoms with van der Waals surface area (Å²) >= 11 is 0. The van der Waals surface area contributed by atoms with E-state index in [4.69, 9.17) is 19.8 Å². The van der Waals surface area contributed by atoms with Crippen molar-refractivity contribution in [3.8, 4) is 5.75 Å². The van der Waals surface area contributed by atoms with Crippen LogP contribution < -0.4 is 4.74 Å². The lowest BCUT2D eigenvalue weighted by atomic mass is 9.89. The van der Waals surface area contributed by atoms with E-state index >= 15 is 0 Å². The lowest BCUT2D eigenvalue weighted by Gasteiger charge is -2.37. The summed E-state index contributed by atoms with van der Waals surface area (Å²) in [5.41, 5.74) is -1.48. The second-order valence-electron chi connectivity index (χ2n) is 4.83. The van der Waals surface area contributed by atoms with Gasteiger partial charge in [-0.3, -0.25) is 0 Å². The number of rotatable bonds is 3. The first-order valence-electron chi connectivity index (χ1n) is 5.57. The van der Waals surface area contributed by atoms with Crippen molar-refractivity contribution < 1.29 is 24.9 Å². The van der Waals surface area contributed by atoms with E-state index in [0.29, 0.717) is 0 Å². The molecule has 0 aliphatic heterocycles. The van der Waals surface area contributed by atoms with Gasteiger partial charge in [0.1, 0.15) is 11.4 Å². The summed E-state index contributed by atoms with van der Waals surface area (Å²) in [6.45, 7) is 7.24. The summed E-state index contributed by atoms with van der Waals surface area (Å²) in [5.74, 6) is 0.777. The van der Waals surface area contributed by atoms with Gasteiger partial charge in [0.2, 0.25) is 0 Å². The molecular weight excluding hydrogens is 235 g/mol. The molecule has 102 valence electrons. The molecule has 18 heavy (non-hydrogen) atoms. The molecule has 1 aromatic rings. The summed E-state index contributed by atoms with van der Waals surface area (Å²) in [6, 6.07) is 9.52. The summed E-state index contributed by atoms with van der Waals surface area (Å²) < 4.78 is 5.72. The average molecular weight is 256 g/mol. The molecule has 0 saturated heterocycles. The molecule has 4 N–H and O–H groups in total. The Kier molecular flexibility index (Phi) is 6.35. The molecule has 0 amide bonds. The van der Waals surface area contributed by atoms with Crippen molar-refractivity contribution in [2.75, 3.05) is 0 Å². The van der Waals surface area contributed by atoms with E-state index in [9.17, 15) is 5.11 Å². The first kappa shape index (κ1) is 16.9. The van der Waals surface area contributed by atoms with Gasteiger partial charge >= 0.3 is 7.32 Å². The molecule has 0 saturated carbocycles. The summed E-state index contributed by atoms with van der Waals surface area (Å²) in [6.07, 6.45) is 0. The van der Waals surface area contributed by atoms with Crippen LogP contribution in [0.1, 0.15) is 27.7 Å². The molecular formula is C12H21BO5. The second-order valence-corrected chi connectivity index (χ2v) is 4.83. The van der Waals surface area contributed by atoms with Gasteiger partial charge in [-0.25, -0.2) is 0 Å². The molecule has 0 fully saturated rings. The number of aliphatic hydroxyl groups is 1. The third kappa shape index (κ3) is 6.61. The van der Waals surface area contributed by atoms with Crippen LogP contribution in [0.15, 0.2) is 30.3 Å². The van der Waals surface area contributed by atoms with Crippen molar-refractivity contribution in [2.45, 2.75) is 38.9 Å². The van der Waals surface area contributed by atoms with Gasteiger partial charge in [0.05, 0.1) is 5.60 Å². The van der Waals surface area contributed by atoms with E-state index in [1.807, 2.05) is 44.2 Å². The fourth-order valence-corrected chi connectivity index (χ4v) is 0.908. The summed E-state index contributed by atoms with van der Waals surface area (Å²) in [7, 11) is -2.17. The van der Waals surface area contributed by atoms with Gasteiger partial charge < -0.3 is 24.9 Å². The van der Waals surface area contributed by atoms with E-state index in [2.05, 4.69) is 0 Å². The maximum atomic E-state index is 9.88. The van der Waals surface area contributed by atoms with Crippen LogP contribution in [0.4, 0.5) is 0 Å². The minimum absolute atomic E-state index is 0.603. The molecule has 0 aliphatic carbocycles. The van der Waals surface area contributed by atoms with Crippen LogP contribution in [-0.2, 0) is 0 Å². The van der Waals surface area contributed by atoms with Crippen LogP contribution in [-0.4, -0.2) is 38.7 Å². The lowest BCUT2D eigenvalue weighted by molar-refractivity contribution is -0.0906. The fourth-order valence-electron chi connectivity index (χ4n) is 0.908. The SMILES string of the molecule is CC(C)(O)C(C)(C)Oc1ccccc1.OB(O)O. The molecule has 5 nitrogen and oxygen atoms in total. The zero-order valence-electron chi connectivity index (χ0n) is 11.2. The van der Waals surface area contributed by atoms with Gasteiger partial charge in [0.15, 0.2) is 0 Å². The van der Waals surface area contributed by atoms with Crippen LogP contribution in [0.3, 0.4) is 0 Å². The molecule has 0 atom stereocenters. The van der Waals surface area contributed by atoms with E-state index in [1.165, 1.54) is 0 Å². The standard InChI is InChI=1S/C12H18O2.BH3O3/c1-11(2,13)12(3,4)14-10-8-6-5-7-9-10;2-1(3)4/h5-9,13H,1-4H3;2-4H. The maximum Gasteiger partial charge on any atom is 0.631 e. The maximum absolute atomic E-state index is 9.88. The molecule has 0 bridgehead atoms. The van der Waals surface area contributed by atoms with Crippen molar-refractivity contribution in [1.29, 1.82) is 0 Å². The minimum Gasteiger partial charge on any atom is -0.485 e. The monoisotopic (exact) mass is 256 g/mol. The number of hydrogen-bond donors (Lipinski definition) is 4. The first-order valence-corrected chi connectivity index (χ1v) is 5.57. The van der Waals surface area contributed by atoms with Crippen molar-refractivity contribution >= 4 is 7.32 Å². The predicted molar refractivity (Wildman–Crippen MR) is 69.9 cm³/mol. The van der Waals surface area contributed by atoms with E-state index in [1.54, 1.807) is 13.8 Å². The topological polar surface area (TPSA) is 90.2 Å². The first-order chi connectivity index (χ1) is 8.06. The van der Waals surface area contributed by atoms with Crippen LogP contribution in [0.2, 0.25) is 0 Å². The summed E-state index contributed by atoms with van der Waals surface area (Å²) in [4.78, 5) is 0. The predicted octanol–water partition coefficient (Wildman–Crippen LogP) is 0.563. The third-order valence-corrected chi connectivity index (χ3v) is 2.59. The van der Waals surface area contributed by atoms with Crippen molar-refractivity contribution in [3.63, 3.8) is 0 Å². The fraction of sp³-hybridized carbons (Fsp3) is 0.500. The highest BCUT2D eigenvalue weighted by Crippen LogP contribution is 2.27. The summed E-state index contributed by atoms with van der Waals surface area (Å²) in [5, 5.41) is 31.4. The zero-order valence-corrected chi connectivity index (χ0v) is 11.2. The molecule has 0 aliphatic rings. The van der Waals surface area contributed by atoms with Crippen LogP contribution in [0.5, 0.6) is 5.75 Å². The Morgan fingerprint density at radius 2 is 1.33 bits per heavy atom. The van der Waals surface area contributed by atoms with E-state index in [0.717, 1.165) is 5.75 Å². The van der Waals surface area contributed by atoms with E-state index < -0.39 is 18.5 Å². The zero-order chi connectivity index (χ0) is 14.4. The highest BCUT2D eigenvalue weighted by atomic mass is 16.5. The smallest absolute Gasteiger partial charge is 0.485 e. The highest BCUT2D eigenvalue weighted by molar-refractivity contribution is 6.30. The minimum atomic E-state index is -2.17. The van der Waals surface area contributed by atoms with Crippen molar-refractivity contribution in [3.05, 3.63) is 30.3 Å². The Bertz CT molecular complexity index is 329. The van der Waals surface area contributed by atoms with Crippen molar-refractivity contribution in [1.82, 2.24) is 0 Å². The molecule has 0 heterocycles. The molecule has 0 radical (unpaired) electrons. The second kappa shape index (κ2) is 6.75. The van der Waals surface area contributed by atoms with Crippen LogP contribution in [0.25, 0.3) is 0 Å². The van der Waals surface area contributed by atoms with Gasteiger partial charge in [-0.2, -0.15) is 0 Å². The Labute approximate surface area is 108 Å². The molecule has 0 aromatic heterocycles. The average Bonchev–Trinajstić information content (AvgIpc) is 2.15. The highest BCUT2D eigenvalue weighted by Gasteiger charge is 2.37. The molecule has 0 unspecified atom stereocenters. The Hall–Kier alpha value is -1.08. The number of hydrogen-bond acceptors (Lipinski definition) is 5. The number of para-hydroxylation sites is 1. The molecule has 0 spiro atoms. The van der Waals surface area contributed by atoms with E-state index in [-0.39, 0.29) is 0 Å². The lowest BCUT2D eigenvalue weighted by Crippen LogP contribution is -2.49. The number of benzene rings is 1. The van der Waals surface area contributed by atoms with Gasteiger partial charge in [-0.15, -0.1) is 0 Å². The van der Waals surface area contributed by atoms with Crippen LogP contribution >= 0.6 is 0 Å².